The second-order valence-corrected chi connectivity index (χ2v) is 6.36. The molecule has 22 heavy (non-hydrogen) atoms. The number of alkyl halides is 5. The predicted octanol–water partition coefficient (Wildman–Crippen LogP) is 1.83. The van der Waals surface area contributed by atoms with Crippen LogP contribution in [0.5, 0.6) is 0 Å². The minimum absolute atomic E-state index is 0.321. The van der Waals surface area contributed by atoms with Crippen LogP contribution < -0.4 is 5.69 Å². The summed E-state index contributed by atoms with van der Waals surface area (Å²) in [4.78, 5) is 11.7. The Morgan fingerprint density at radius 1 is 1.27 bits per heavy atom. The first-order valence-corrected chi connectivity index (χ1v) is 7.43. The molecule has 2 rings (SSSR count). The molecule has 0 saturated carbocycles. The Kier molecular flexibility index (Phi) is 4.27. The summed E-state index contributed by atoms with van der Waals surface area (Å²) >= 11 is 0. The average molecular weight is 353 g/mol. The van der Waals surface area contributed by atoms with Gasteiger partial charge in [0.1, 0.15) is 19.0 Å². The molecule has 128 valence electrons. The van der Waals surface area contributed by atoms with Crippen LogP contribution in [-0.2, 0) is 23.7 Å². The molecule has 0 spiro atoms. The van der Waals surface area contributed by atoms with Crippen molar-refractivity contribution in [3.8, 4) is 0 Å². The fourth-order valence-electron chi connectivity index (χ4n) is 1.89. The molecule has 2 heterocycles. The van der Waals surface area contributed by atoms with E-state index < -0.39 is 41.1 Å². The van der Waals surface area contributed by atoms with E-state index in [0.29, 0.717) is 29.9 Å². The Morgan fingerprint density at radius 2 is 1.91 bits per heavy atom. The van der Waals surface area contributed by atoms with Crippen molar-refractivity contribution in [1.29, 1.82) is 0 Å². The number of aryl methyl sites for hydroxylation is 1. The van der Waals surface area contributed by atoms with Crippen molar-refractivity contribution in [2.75, 3.05) is 6.61 Å². The summed E-state index contributed by atoms with van der Waals surface area (Å²) in [6, 6.07) is 0. The molecule has 0 atom stereocenters. The van der Waals surface area contributed by atoms with Gasteiger partial charge in [-0.05, 0) is 6.42 Å². The third-order valence-electron chi connectivity index (χ3n) is 2.90. The lowest BCUT2D eigenvalue weighted by Crippen LogP contribution is -2.37. The van der Waals surface area contributed by atoms with Crippen molar-refractivity contribution in [2.45, 2.75) is 37.4 Å². The number of nitrogens with zero attached hydrogens (tertiary/aromatic N) is 3. The van der Waals surface area contributed by atoms with Crippen molar-refractivity contribution in [2.24, 2.45) is 0 Å². The monoisotopic (exact) mass is 353 g/mol. The van der Waals surface area contributed by atoms with Gasteiger partial charge < -0.3 is 9.11 Å². The van der Waals surface area contributed by atoms with Crippen LogP contribution in [0.4, 0.5) is 22.0 Å². The Balaban J connectivity index is 2.04. The zero-order chi connectivity index (χ0) is 16.8. The largest absolute Gasteiger partial charge is 0.493 e. The van der Waals surface area contributed by atoms with E-state index in [-0.39, 0.29) is 0 Å². The summed E-state index contributed by atoms with van der Waals surface area (Å²) in [6.45, 7) is -2.90. The summed E-state index contributed by atoms with van der Waals surface area (Å²) in [5.41, 5.74) is -6.37. The average Bonchev–Trinajstić information content (AvgIpc) is 2.91. The third kappa shape index (κ3) is 3.42. The molecule has 0 radical (unpaired) electrons. The van der Waals surface area contributed by atoms with E-state index in [1.54, 1.807) is 0 Å². The molecule has 2 N–H and O–H groups in total. The summed E-state index contributed by atoms with van der Waals surface area (Å²) in [5, 5.41) is 3.66. The minimum Gasteiger partial charge on any atom is -0.301 e. The number of hydrogen-bond acceptors (Lipinski definition) is 5. The molecule has 1 aromatic heterocycles. The van der Waals surface area contributed by atoms with Crippen molar-refractivity contribution >= 4 is 10.9 Å². The normalized spacial score (nSPS) is 16.9. The Hall–Kier alpha value is -1.18. The number of rotatable bonds is 5. The number of aromatic nitrogens is 3. The van der Waals surface area contributed by atoms with Crippen LogP contribution in [0.15, 0.2) is 4.79 Å². The van der Waals surface area contributed by atoms with Crippen molar-refractivity contribution in [1.82, 2.24) is 14.3 Å². The van der Waals surface area contributed by atoms with Gasteiger partial charge in [0.05, 0.1) is 0 Å². The van der Waals surface area contributed by atoms with Gasteiger partial charge in [-0.3, -0.25) is 8.75 Å². The van der Waals surface area contributed by atoms with Crippen molar-refractivity contribution in [3.63, 3.8) is 0 Å². The fourth-order valence-corrected chi connectivity index (χ4v) is 2.36. The highest BCUT2D eigenvalue weighted by Gasteiger charge is 2.52. The zero-order valence-corrected chi connectivity index (χ0v) is 11.7. The molecule has 0 fully saturated rings. The smallest absolute Gasteiger partial charge is 0.301 e. The van der Waals surface area contributed by atoms with Gasteiger partial charge in [-0.15, -0.1) is 0 Å². The minimum atomic E-state index is -5.62. The Morgan fingerprint density at radius 3 is 2.45 bits per heavy atom. The molecule has 13 heteroatoms. The van der Waals surface area contributed by atoms with E-state index in [4.69, 9.17) is 9.11 Å². The Labute approximate surface area is 121 Å². The van der Waals surface area contributed by atoms with E-state index >= 15 is 0 Å². The molecule has 1 aliphatic heterocycles. The first kappa shape index (κ1) is 17.2. The highest BCUT2D eigenvalue weighted by molar-refractivity contribution is 8.20. The topological polar surface area (TPSA) is 89.5 Å². The quantitative estimate of drug-likeness (QED) is 0.789. The highest BCUT2D eigenvalue weighted by Crippen LogP contribution is 2.56. The van der Waals surface area contributed by atoms with Gasteiger partial charge in [-0.2, -0.15) is 18.3 Å². The molecule has 1 aromatic rings. The van der Waals surface area contributed by atoms with E-state index in [1.165, 1.54) is 4.57 Å². The van der Waals surface area contributed by atoms with Crippen LogP contribution in [0.2, 0.25) is 0 Å². The van der Waals surface area contributed by atoms with Crippen molar-refractivity contribution in [3.05, 3.63) is 16.3 Å². The number of halogens is 5. The van der Waals surface area contributed by atoms with Crippen LogP contribution in [0.3, 0.4) is 0 Å². The molecule has 0 saturated heterocycles. The zero-order valence-electron chi connectivity index (χ0n) is 10.9. The van der Waals surface area contributed by atoms with E-state index in [1.807, 2.05) is 0 Å². The molecular weight excluding hydrogens is 341 g/mol. The van der Waals surface area contributed by atoms with Gasteiger partial charge in [0.15, 0.2) is 10.9 Å². The maximum absolute atomic E-state index is 13.6. The predicted molar refractivity (Wildman–Crippen MR) is 64.6 cm³/mol. The SMILES string of the molecule is O=c1n(CC(F)(F)COS(O)(O)C(F)(F)F)nc2n1CCC2. The molecule has 7 nitrogen and oxygen atoms in total. The highest BCUT2D eigenvalue weighted by atomic mass is 32.3. The maximum atomic E-state index is 13.6. The molecule has 1 aliphatic rings. The first-order chi connectivity index (χ1) is 9.93. The molecular formula is C9H12F5N3O4S. The molecule has 0 bridgehead atoms. The van der Waals surface area contributed by atoms with Crippen LogP contribution in [-0.4, -0.2) is 41.5 Å². The Bertz CT molecular complexity index is 611. The van der Waals surface area contributed by atoms with Crippen LogP contribution >= 0.6 is 10.9 Å². The van der Waals surface area contributed by atoms with Crippen molar-refractivity contribution < 1.29 is 35.2 Å². The first-order valence-electron chi connectivity index (χ1n) is 5.96. The van der Waals surface area contributed by atoms with Gasteiger partial charge >= 0.3 is 11.2 Å². The van der Waals surface area contributed by atoms with Crippen LogP contribution in [0.1, 0.15) is 12.2 Å². The lowest BCUT2D eigenvalue weighted by Gasteiger charge is -2.29. The maximum Gasteiger partial charge on any atom is 0.493 e. The lowest BCUT2D eigenvalue weighted by atomic mass is 10.3. The van der Waals surface area contributed by atoms with Gasteiger partial charge in [0, 0.05) is 13.0 Å². The molecule has 0 amide bonds. The van der Waals surface area contributed by atoms with E-state index in [9.17, 15) is 26.7 Å². The van der Waals surface area contributed by atoms with E-state index in [0.717, 1.165) is 0 Å². The fraction of sp³-hybridized carbons (Fsp3) is 0.778. The second kappa shape index (κ2) is 5.47. The molecule has 0 aromatic carbocycles. The lowest BCUT2D eigenvalue weighted by molar-refractivity contribution is -0.0901. The second-order valence-electron chi connectivity index (χ2n) is 4.67. The van der Waals surface area contributed by atoms with Gasteiger partial charge in [0.2, 0.25) is 0 Å². The standard InChI is InChI=1S/C9H12F5N3O4S/c10-8(11,5-21-22(19,20)9(12,13)14)4-17-7(18)16-3-1-2-6(16)15-17/h19-20H,1-5H2. The number of fused-ring (bicyclic) bond motifs is 1. The van der Waals surface area contributed by atoms with Gasteiger partial charge in [-0.25, -0.2) is 18.3 Å². The van der Waals surface area contributed by atoms with Crippen LogP contribution in [0.25, 0.3) is 0 Å². The number of hydrogen-bond donors (Lipinski definition) is 2. The third-order valence-corrected chi connectivity index (χ3v) is 3.95. The summed E-state index contributed by atoms with van der Waals surface area (Å²) in [7, 11) is -5.62. The summed E-state index contributed by atoms with van der Waals surface area (Å²) < 4.78 is 85.8. The summed E-state index contributed by atoms with van der Waals surface area (Å²) in [5.74, 6) is -3.62. The molecule has 0 unspecified atom stereocenters. The van der Waals surface area contributed by atoms with Gasteiger partial charge in [0.25, 0.3) is 5.92 Å². The molecule has 0 aliphatic carbocycles. The van der Waals surface area contributed by atoms with E-state index in [2.05, 4.69) is 9.28 Å². The van der Waals surface area contributed by atoms with Crippen LogP contribution in [0, 0.1) is 0 Å². The van der Waals surface area contributed by atoms with Gasteiger partial charge in [-0.1, -0.05) is 0 Å². The summed E-state index contributed by atoms with van der Waals surface area (Å²) in [6.07, 6.45) is 1.10.